The van der Waals surface area contributed by atoms with Gasteiger partial charge in [0.05, 0.1) is 25.0 Å². The zero-order valence-corrected chi connectivity index (χ0v) is 20.1. The fourth-order valence-electron chi connectivity index (χ4n) is 4.36. The molecule has 6 nitrogen and oxygen atoms in total. The van der Waals surface area contributed by atoms with E-state index in [4.69, 9.17) is 4.98 Å². The van der Waals surface area contributed by atoms with Crippen LogP contribution in [0.5, 0.6) is 0 Å². The van der Waals surface area contributed by atoms with E-state index >= 15 is 0 Å². The van der Waals surface area contributed by atoms with Crippen molar-refractivity contribution in [2.75, 3.05) is 4.90 Å². The third-order valence-corrected chi connectivity index (χ3v) is 6.35. The van der Waals surface area contributed by atoms with Crippen molar-refractivity contribution in [1.82, 2.24) is 19.5 Å². The van der Waals surface area contributed by atoms with Crippen LogP contribution in [0, 0.1) is 0 Å². The van der Waals surface area contributed by atoms with Crippen molar-refractivity contribution in [3.63, 3.8) is 0 Å². The molecule has 1 aliphatic rings. The second kappa shape index (κ2) is 8.86. The van der Waals surface area contributed by atoms with Crippen LogP contribution in [-0.4, -0.2) is 25.4 Å². The standard InChI is InChI=1S/C28H29N5O/c1-18(2)23-7-5-6-8-24(23)27-29-14-22-13-26(34)33(28(22)31-27)15-20-9-11-21(12-10-20)25-16-32(17-30-25)19(3)4/h5-12,14,16-19H,13,15H2,1-4H3. The van der Waals surface area contributed by atoms with Crippen LogP contribution in [0.4, 0.5) is 5.82 Å². The summed E-state index contributed by atoms with van der Waals surface area (Å²) >= 11 is 0. The Morgan fingerprint density at radius 3 is 2.44 bits per heavy atom. The van der Waals surface area contributed by atoms with Crippen LogP contribution in [0.3, 0.4) is 0 Å². The molecular formula is C28H29N5O. The zero-order chi connectivity index (χ0) is 23.8. The van der Waals surface area contributed by atoms with E-state index in [0.717, 1.165) is 27.9 Å². The van der Waals surface area contributed by atoms with Crippen LogP contribution < -0.4 is 4.90 Å². The lowest BCUT2D eigenvalue weighted by molar-refractivity contribution is -0.117. The molecule has 0 fully saturated rings. The van der Waals surface area contributed by atoms with E-state index in [1.807, 2.05) is 18.5 Å². The number of rotatable bonds is 6. The molecule has 0 radical (unpaired) electrons. The van der Waals surface area contributed by atoms with Gasteiger partial charge in [0, 0.05) is 35.1 Å². The molecule has 172 valence electrons. The van der Waals surface area contributed by atoms with Gasteiger partial charge in [-0.05, 0) is 30.9 Å². The molecule has 0 unspecified atom stereocenters. The van der Waals surface area contributed by atoms with Crippen LogP contribution >= 0.6 is 0 Å². The average Bonchev–Trinajstić information content (AvgIpc) is 3.45. The van der Waals surface area contributed by atoms with Crippen molar-refractivity contribution < 1.29 is 4.79 Å². The number of nitrogens with zero attached hydrogens (tertiary/aromatic N) is 5. The van der Waals surface area contributed by atoms with Crippen LogP contribution in [-0.2, 0) is 17.8 Å². The molecule has 0 bridgehead atoms. The summed E-state index contributed by atoms with van der Waals surface area (Å²) < 4.78 is 2.10. The molecule has 0 saturated carbocycles. The molecule has 0 N–H and O–H groups in total. The monoisotopic (exact) mass is 451 g/mol. The highest BCUT2D eigenvalue weighted by Crippen LogP contribution is 2.33. The maximum atomic E-state index is 12.9. The lowest BCUT2D eigenvalue weighted by Gasteiger charge is -2.18. The number of hydrogen-bond donors (Lipinski definition) is 0. The number of carbonyl (C=O) groups excluding carboxylic acids is 1. The topological polar surface area (TPSA) is 63.9 Å². The largest absolute Gasteiger partial charge is 0.334 e. The Morgan fingerprint density at radius 1 is 0.971 bits per heavy atom. The molecule has 34 heavy (non-hydrogen) atoms. The normalized spacial score (nSPS) is 13.2. The third kappa shape index (κ3) is 4.12. The lowest BCUT2D eigenvalue weighted by Crippen LogP contribution is -2.26. The minimum atomic E-state index is 0.0540. The van der Waals surface area contributed by atoms with Gasteiger partial charge in [0.1, 0.15) is 5.82 Å². The lowest BCUT2D eigenvalue weighted by atomic mass is 9.97. The van der Waals surface area contributed by atoms with Gasteiger partial charge in [0.25, 0.3) is 0 Å². The van der Waals surface area contributed by atoms with Crippen molar-refractivity contribution in [3.05, 3.63) is 83.9 Å². The maximum Gasteiger partial charge on any atom is 0.233 e. The Morgan fingerprint density at radius 2 is 1.74 bits per heavy atom. The van der Waals surface area contributed by atoms with Gasteiger partial charge < -0.3 is 4.57 Å². The average molecular weight is 452 g/mol. The number of fused-ring (bicyclic) bond motifs is 1. The van der Waals surface area contributed by atoms with E-state index in [9.17, 15) is 4.79 Å². The fraction of sp³-hybridized carbons (Fsp3) is 0.286. The number of benzene rings is 2. The van der Waals surface area contributed by atoms with Crippen LogP contribution in [0.2, 0.25) is 0 Å². The van der Waals surface area contributed by atoms with Gasteiger partial charge in [-0.15, -0.1) is 0 Å². The minimum absolute atomic E-state index is 0.0540. The van der Waals surface area contributed by atoms with E-state index in [0.29, 0.717) is 36.6 Å². The van der Waals surface area contributed by atoms with Gasteiger partial charge in [0.15, 0.2) is 5.82 Å². The van der Waals surface area contributed by atoms with Crippen molar-refractivity contribution in [1.29, 1.82) is 0 Å². The molecule has 4 aromatic rings. The smallest absolute Gasteiger partial charge is 0.233 e. The van der Waals surface area contributed by atoms with Crippen LogP contribution in [0.25, 0.3) is 22.6 Å². The van der Waals surface area contributed by atoms with Gasteiger partial charge in [-0.3, -0.25) is 9.69 Å². The molecule has 1 aliphatic heterocycles. The predicted molar refractivity (Wildman–Crippen MR) is 134 cm³/mol. The molecule has 0 aliphatic carbocycles. The van der Waals surface area contributed by atoms with E-state index < -0.39 is 0 Å². The highest BCUT2D eigenvalue weighted by Gasteiger charge is 2.30. The summed E-state index contributed by atoms with van der Waals surface area (Å²) in [5, 5.41) is 0. The maximum absolute atomic E-state index is 12.9. The number of carbonyl (C=O) groups is 1. The molecule has 3 heterocycles. The highest BCUT2D eigenvalue weighted by atomic mass is 16.2. The van der Waals surface area contributed by atoms with Gasteiger partial charge >= 0.3 is 0 Å². The summed E-state index contributed by atoms with van der Waals surface area (Å²) in [5.74, 6) is 1.79. The molecule has 0 atom stereocenters. The van der Waals surface area contributed by atoms with Crippen molar-refractivity contribution >= 4 is 11.7 Å². The van der Waals surface area contributed by atoms with Gasteiger partial charge in [-0.2, -0.15) is 0 Å². The molecule has 5 rings (SSSR count). The number of imidazole rings is 1. The molecular weight excluding hydrogens is 422 g/mol. The highest BCUT2D eigenvalue weighted by molar-refractivity contribution is 6.00. The summed E-state index contributed by atoms with van der Waals surface area (Å²) in [4.78, 5) is 28.6. The molecule has 0 spiro atoms. The number of amides is 1. The van der Waals surface area contributed by atoms with Gasteiger partial charge in [-0.25, -0.2) is 15.0 Å². The summed E-state index contributed by atoms with van der Waals surface area (Å²) in [6, 6.07) is 16.8. The Hall–Kier alpha value is -3.80. The minimum Gasteiger partial charge on any atom is -0.334 e. The second-order valence-electron chi connectivity index (χ2n) is 9.44. The first kappa shape index (κ1) is 22.0. The van der Waals surface area contributed by atoms with Crippen molar-refractivity contribution in [3.8, 4) is 22.6 Å². The van der Waals surface area contributed by atoms with Crippen LogP contribution in [0.1, 0.15) is 56.3 Å². The Bertz CT molecular complexity index is 1340. The summed E-state index contributed by atoms with van der Waals surface area (Å²) in [6.45, 7) is 9.08. The Labute approximate surface area is 200 Å². The first-order chi connectivity index (χ1) is 16.4. The summed E-state index contributed by atoms with van der Waals surface area (Å²) in [6.07, 6.45) is 6.07. The molecule has 0 saturated heterocycles. The summed E-state index contributed by atoms with van der Waals surface area (Å²) in [5.41, 5.74) is 6.16. The predicted octanol–water partition coefficient (Wildman–Crippen LogP) is 5.80. The number of hydrogen-bond acceptors (Lipinski definition) is 4. The van der Waals surface area contributed by atoms with E-state index in [1.54, 1.807) is 11.1 Å². The quantitative estimate of drug-likeness (QED) is 0.372. The second-order valence-corrected chi connectivity index (χ2v) is 9.44. The molecule has 2 aromatic carbocycles. The van der Waals surface area contributed by atoms with E-state index in [-0.39, 0.29) is 5.91 Å². The van der Waals surface area contributed by atoms with Gasteiger partial charge in [-0.1, -0.05) is 62.4 Å². The first-order valence-corrected chi connectivity index (χ1v) is 11.8. The summed E-state index contributed by atoms with van der Waals surface area (Å²) in [7, 11) is 0. The molecule has 2 aromatic heterocycles. The number of aromatic nitrogens is 4. The van der Waals surface area contributed by atoms with Gasteiger partial charge in [0.2, 0.25) is 5.91 Å². The first-order valence-electron chi connectivity index (χ1n) is 11.8. The van der Waals surface area contributed by atoms with E-state index in [2.05, 4.69) is 84.8 Å². The molecule has 6 heteroatoms. The van der Waals surface area contributed by atoms with Crippen molar-refractivity contribution in [2.45, 2.75) is 52.6 Å². The molecule has 1 amide bonds. The Kier molecular flexibility index (Phi) is 5.74. The van der Waals surface area contributed by atoms with E-state index in [1.165, 1.54) is 5.56 Å². The van der Waals surface area contributed by atoms with Crippen LogP contribution in [0.15, 0.2) is 67.3 Å². The SMILES string of the molecule is CC(C)c1ccccc1-c1ncc2c(n1)N(Cc1ccc(-c3cn(C(C)C)cn3)cc1)C(=O)C2. The fourth-order valence-corrected chi connectivity index (χ4v) is 4.36. The zero-order valence-electron chi connectivity index (χ0n) is 20.1. The Balaban J connectivity index is 1.41. The van der Waals surface area contributed by atoms with Crippen molar-refractivity contribution in [2.24, 2.45) is 0 Å². The number of anilines is 1. The third-order valence-electron chi connectivity index (χ3n) is 6.35.